The zero-order valence-electron chi connectivity index (χ0n) is 13.8. The standard InChI is InChI=1S/C15H28BrN3O2/c1-6-9-17-12(15(20-7-2)21-8-3)10-13-14(16)11(4)18-19(13)5/h12,15,17H,6-10H2,1-5H3. The van der Waals surface area contributed by atoms with Crippen molar-refractivity contribution in [1.29, 1.82) is 0 Å². The van der Waals surface area contributed by atoms with E-state index in [1.165, 1.54) is 0 Å². The molecule has 1 N–H and O–H groups in total. The van der Waals surface area contributed by atoms with E-state index in [9.17, 15) is 0 Å². The molecule has 122 valence electrons. The van der Waals surface area contributed by atoms with Gasteiger partial charge in [-0.3, -0.25) is 4.68 Å². The quantitative estimate of drug-likeness (QED) is 0.651. The summed E-state index contributed by atoms with van der Waals surface area (Å²) in [5, 5.41) is 8.00. The van der Waals surface area contributed by atoms with E-state index in [4.69, 9.17) is 9.47 Å². The lowest BCUT2D eigenvalue weighted by molar-refractivity contribution is -0.153. The third kappa shape index (κ3) is 5.36. The smallest absolute Gasteiger partial charge is 0.173 e. The summed E-state index contributed by atoms with van der Waals surface area (Å²) in [6.45, 7) is 10.4. The Hall–Kier alpha value is -0.430. The Kier molecular flexibility index (Phi) is 8.48. The predicted octanol–water partition coefficient (Wildman–Crippen LogP) is 2.80. The largest absolute Gasteiger partial charge is 0.351 e. The maximum absolute atomic E-state index is 5.77. The van der Waals surface area contributed by atoms with Crippen LogP contribution in [0.2, 0.25) is 0 Å². The second-order valence-electron chi connectivity index (χ2n) is 5.01. The first-order chi connectivity index (χ1) is 10.0. The summed E-state index contributed by atoms with van der Waals surface area (Å²) < 4.78 is 14.5. The molecule has 21 heavy (non-hydrogen) atoms. The highest BCUT2D eigenvalue weighted by atomic mass is 79.9. The van der Waals surface area contributed by atoms with Crippen molar-refractivity contribution in [2.75, 3.05) is 19.8 Å². The Morgan fingerprint density at radius 2 is 1.86 bits per heavy atom. The van der Waals surface area contributed by atoms with E-state index in [1.807, 2.05) is 32.5 Å². The van der Waals surface area contributed by atoms with E-state index in [0.717, 1.165) is 35.2 Å². The summed E-state index contributed by atoms with van der Waals surface area (Å²) in [5.41, 5.74) is 2.16. The zero-order chi connectivity index (χ0) is 15.8. The predicted molar refractivity (Wildman–Crippen MR) is 88.5 cm³/mol. The molecule has 0 aromatic carbocycles. The molecular formula is C15H28BrN3O2. The summed E-state index contributed by atoms with van der Waals surface area (Å²) in [6, 6.07) is 0.107. The number of ether oxygens (including phenoxy) is 2. The minimum atomic E-state index is -0.242. The lowest BCUT2D eigenvalue weighted by Crippen LogP contribution is -2.45. The molecule has 1 unspecified atom stereocenters. The maximum Gasteiger partial charge on any atom is 0.173 e. The van der Waals surface area contributed by atoms with E-state index in [0.29, 0.717) is 13.2 Å². The molecule has 1 atom stereocenters. The van der Waals surface area contributed by atoms with E-state index in [2.05, 4.69) is 33.3 Å². The van der Waals surface area contributed by atoms with Crippen LogP contribution in [0.3, 0.4) is 0 Å². The highest BCUT2D eigenvalue weighted by molar-refractivity contribution is 9.10. The fourth-order valence-corrected chi connectivity index (χ4v) is 2.81. The van der Waals surface area contributed by atoms with Crippen molar-refractivity contribution in [3.8, 4) is 0 Å². The minimum Gasteiger partial charge on any atom is -0.351 e. The highest BCUT2D eigenvalue weighted by Gasteiger charge is 2.25. The zero-order valence-corrected chi connectivity index (χ0v) is 15.4. The van der Waals surface area contributed by atoms with E-state index < -0.39 is 0 Å². The van der Waals surface area contributed by atoms with Gasteiger partial charge in [0.1, 0.15) is 0 Å². The molecule has 0 aliphatic carbocycles. The van der Waals surface area contributed by atoms with Crippen LogP contribution in [0.4, 0.5) is 0 Å². The van der Waals surface area contributed by atoms with Gasteiger partial charge < -0.3 is 14.8 Å². The van der Waals surface area contributed by atoms with Crippen LogP contribution < -0.4 is 5.32 Å². The number of nitrogens with zero attached hydrogens (tertiary/aromatic N) is 2. The summed E-state index contributed by atoms with van der Waals surface area (Å²) >= 11 is 3.63. The molecule has 1 aromatic heterocycles. The minimum absolute atomic E-state index is 0.107. The van der Waals surface area contributed by atoms with Crippen molar-refractivity contribution in [2.24, 2.45) is 7.05 Å². The van der Waals surface area contributed by atoms with Gasteiger partial charge in [-0.2, -0.15) is 5.10 Å². The molecular weight excluding hydrogens is 334 g/mol. The Morgan fingerprint density at radius 3 is 2.29 bits per heavy atom. The van der Waals surface area contributed by atoms with Gasteiger partial charge in [0.25, 0.3) is 0 Å². The molecule has 1 aromatic rings. The molecule has 0 aliphatic rings. The Bertz CT molecular complexity index is 417. The number of hydrogen-bond acceptors (Lipinski definition) is 4. The number of halogens is 1. The molecule has 0 saturated carbocycles. The summed E-state index contributed by atoms with van der Waals surface area (Å²) in [4.78, 5) is 0. The first kappa shape index (κ1) is 18.6. The number of aryl methyl sites for hydroxylation is 2. The average Bonchev–Trinajstić information content (AvgIpc) is 2.69. The van der Waals surface area contributed by atoms with Crippen LogP contribution >= 0.6 is 15.9 Å². The van der Waals surface area contributed by atoms with Crippen molar-refractivity contribution >= 4 is 15.9 Å². The van der Waals surface area contributed by atoms with Gasteiger partial charge in [-0.1, -0.05) is 6.92 Å². The molecule has 5 nitrogen and oxygen atoms in total. The van der Waals surface area contributed by atoms with Gasteiger partial charge in [0, 0.05) is 26.7 Å². The summed E-state index contributed by atoms with van der Waals surface area (Å²) in [7, 11) is 1.97. The first-order valence-electron chi connectivity index (χ1n) is 7.69. The number of hydrogen-bond donors (Lipinski definition) is 1. The second-order valence-corrected chi connectivity index (χ2v) is 5.81. The van der Waals surface area contributed by atoms with E-state index in [1.54, 1.807) is 0 Å². The third-order valence-electron chi connectivity index (χ3n) is 3.32. The van der Waals surface area contributed by atoms with E-state index in [-0.39, 0.29) is 12.3 Å². The molecule has 0 radical (unpaired) electrons. The molecule has 0 bridgehead atoms. The third-order valence-corrected chi connectivity index (χ3v) is 4.35. The topological polar surface area (TPSA) is 48.3 Å². The second kappa shape index (κ2) is 9.56. The Morgan fingerprint density at radius 1 is 1.24 bits per heavy atom. The van der Waals surface area contributed by atoms with Crippen LogP contribution in [-0.2, 0) is 22.9 Å². The molecule has 0 spiro atoms. The molecule has 0 fully saturated rings. The van der Waals surface area contributed by atoms with Crippen molar-refractivity contribution in [3.05, 3.63) is 15.9 Å². The fourth-order valence-electron chi connectivity index (χ4n) is 2.31. The normalized spacial score (nSPS) is 13.1. The van der Waals surface area contributed by atoms with Crippen LogP contribution in [0, 0.1) is 6.92 Å². The monoisotopic (exact) mass is 361 g/mol. The van der Waals surface area contributed by atoms with Crippen LogP contribution in [0.1, 0.15) is 38.6 Å². The number of aromatic nitrogens is 2. The van der Waals surface area contributed by atoms with Gasteiger partial charge in [0.15, 0.2) is 6.29 Å². The summed E-state index contributed by atoms with van der Waals surface area (Å²) in [6.07, 6.45) is 1.64. The number of rotatable bonds is 10. The van der Waals surface area contributed by atoms with Crippen LogP contribution in [0.25, 0.3) is 0 Å². The Balaban J connectivity index is 2.89. The van der Waals surface area contributed by atoms with Gasteiger partial charge in [0.05, 0.1) is 21.9 Å². The van der Waals surface area contributed by atoms with Gasteiger partial charge in [-0.15, -0.1) is 0 Å². The molecule has 1 heterocycles. The summed E-state index contributed by atoms with van der Waals surface area (Å²) in [5.74, 6) is 0. The first-order valence-corrected chi connectivity index (χ1v) is 8.48. The van der Waals surface area contributed by atoms with Gasteiger partial charge in [-0.25, -0.2) is 0 Å². The van der Waals surface area contributed by atoms with Crippen molar-refractivity contribution in [3.63, 3.8) is 0 Å². The van der Waals surface area contributed by atoms with Crippen LogP contribution in [0.15, 0.2) is 4.47 Å². The van der Waals surface area contributed by atoms with Crippen molar-refractivity contribution < 1.29 is 9.47 Å². The lowest BCUT2D eigenvalue weighted by atomic mass is 10.1. The maximum atomic E-state index is 5.77. The number of nitrogens with one attached hydrogen (secondary N) is 1. The lowest BCUT2D eigenvalue weighted by Gasteiger charge is -2.28. The molecule has 1 rings (SSSR count). The SMILES string of the molecule is CCCNC(Cc1c(Br)c(C)nn1C)C(OCC)OCC. The van der Waals surface area contributed by atoms with Gasteiger partial charge in [0.2, 0.25) is 0 Å². The van der Waals surface area contributed by atoms with Gasteiger partial charge in [-0.05, 0) is 49.7 Å². The highest BCUT2D eigenvalue weighted by Crippen LogP contribution is 2.22. The van der Waals surface area contributed by atoms with E-state index >= 15 is 0 Å². The van der Waals surface area contributed by atoms with Crippen LogP contribution in [0.5, 0.6) is 0 Å². The molecule has 6 heteroatoms. The molecule has 0 amide bonds. The Labute approximate surface area is 136 Å². The van der Waals surface area contributed by atoms with Crippen molar-refractivity contribution in [1.82, 2.24) is 15.1 Å². The average molecular weight is 362 g/mol. The van der Waals surface area contributed by atoms with Gasteiger partial charge >= 0.3 is 0 Å². The molecule has 0 saturated heterocycles. The fraction of sp³-hybridized carbons (Fsp3) is 0.800. The van der Waals surface area contributed by atoms with Crippen LogP contribution in [-0.4, -0.2) is 41.9 Å². The molecule has 0 aliphatic heterocycles. The van der Waals surface area contributed by atoms with Crippen molar-refractivity contribution in [2.45, 2.75) is 52.9 Å².